The zero-order chi connectivity index (χ0) is 16.8. The molecule has 0 aromatic rings. The van der Waals surface area contributed by atoms with Crippen LogP contribution in [-0.2, 0) is 9.09 Å². The molecule has 9 heteroatoms. The van der Waals surface area contributed by atoms with Crippen LogP contribution in [0.15, 0.2) is 0 Å². The number of hydrogen-bond acceptors (Lipinski definition) is 3. The topological polar surface area (TPSA) is 44.8 Å². The highest BCUT2D eigenvalue weighted by molar-refractivity contribution is 7.54. The van der Waals surface area contributed by atoms with Crippen molar-refractivity contribution in [2.45, 2.75) is 20.3 Å². The SMILES string of the molecule is CCN(CC)CCCNP(=O)(OCCCl)N(CCCl)CCCl. The van der Waals surface area contributed by atoms with Crippen molar-refractivity contribution in [3.8, 4) is 0 Å². The molecule has 0 amide bonds. The Morgan fingerprint density at radius 2 is 1.59 bits per heavy atom. The van der Waals surface area contributed by atoms with Gasteiger partial charge in [-0.2, -0.15) is 0 Å². The summed E-state index contributed by atoms with van der Waals surface area (Å²) >= 11 is 17.2. The first-order chi connectivity index (χ1) is 10.6. The summed E-state index contributed by atoms with van der Waals surface area (Å²) in [5, 5.41) is 3.06. The van der Waals surface area contributed by atoms with Gasteiger partial charge in [-0.05, 0) is 26.1 Å². The molecule has 0 heterocycles. The third-order valence-corrected chi connectivity index (χ3v) is 6.05. The van der Waals surface area contributed by atoms with Gasteiger partial charge in [-0.25, -0.2) is 9.76 Å². The molecule has 1 unspecified atom stereocenters. The van der Waals surface area contributed by atoms with Crippen LogP contribution in [0.25, 0.3) is 0 Å². The summed E-state index contributed by atoms with van der Waals surface area (Å²) < 4.78 is 20.2. The van der Waals surface area contributed by atoms with Crippen LogP contribution in [-0.4, -0.2) is 73.1 Å². The molecule has 22 heavy (non-hydrogen) atoms. The molecule has 0 aliphatic rings. The maximum atomic E-state index is 13.0. The van der Waals surface area contributed by atoms with Crippen LogP contribution in [0.2, 0.25) is 0 Å². The van der Waals surface area contributed by atoms with Gasteiger partial charge in [0.2, 0.25) is 0 Å². The minimum absolute atomic E-state index is 0.225. The molecule has 1 N–H and O–H groups in total. The number of alkyl halides is 3. The van der Waals surface area contributed by atoms with E-state index in [4.69, 9.17) is 39.3 Å². The van der Waals surface area contributed by atoms with Crippen LogP contribution >= 0.6 is 42.5 Å². The Morgan fingerprint density at radius 1 is 1.00 bits per heavy atom. The molecule has 0 saturated heterocycles. The van der Waals surface area contributed by atoms with Crippen molar-refractivity contribution in [1.29, 1.82) is 0 Å². The zero-order valence-electron chi connectivity index (χ0n) is 13.6. The lowest BCUT2D eigenvalue weighted by molar-refractivity contribution is 0.266. The number of nitrogens with zero attached hydrogens (tertiary/aromatic N) is 2. The van der Waals surface area contributed by atoms with Crippen LogP contribution in [0.4, 0.5) is 0 Å². The van der Waals surface area contributed by atoms with E-state index >= 15 is 0 Å². The summed E-state index contributed by atoms with van der Waals surface area (Å²) in [4.78, 5) is 2.32. The minimum atomic E-state index is -3.14. The van der Waals surface area contributed by atoms with Gasteiger partial charge >= 0.3 is 7.67 Å². The van der Waals surface area contributed by atoms with E-state index < -0.39 is 7.67 Å². The van der Waals surface area contributed by atoms with Crippen LogP contribution < -0.4 is 5.09 Å². The van der Waals surface area contributed by atoms with E-state index in [1.54, 1.807) is 4.67 Å². The maximum absolute atomic E-state index is 13.0. The van der Waals surface area contributed by atoms with E-state index in [9.17, 15) is 4.57 Å². The molecule has 0 rings (SSSR count). The normalized spacial score (nSPS) is 14.7. The molecular formula is C13H29Cl3N3O2P. The second kappa shape index (κ2) is 14.3. The van der Waals surface area contributed by atoms with E-state index in [0.717, 1.165) is 26.1 Å². The molecule has 0 aliphatic carbocycles. The second-order valence-corrected chi connectivity index (χ2v) is 7.98. The van der Waals surface area contributed by atoms with Gasteiger partial charge < -0.3 is 9.42 Å². The Morgan fingerprint density at radius 3 is 2.05 bits per heavy atom. The van der Waals surface area contributed by atoms with E-state index in [0.29, 0.717) is 37.3 Å². The van der Waals surface area contributed by atoms with Gasteiger partial charge in [0, 0.05) is 37.3 Å². The van der Waals surface area contributed by atoms with E-state index in [1.165, 1.54) is 0 Å². The zero-order valence-corrected chi connectivity index (χ0v) is 16.7. The predicted molar refractivity (Wildman–Crippen MR) is 97.7 cm³/mol. The monoisotopic (exact) mass is 395 g/mol. The lowest BCUT2D eigenvalue weighted by Crippen LogP contribution is -2.34. The highest BCUT2D eigenvalue weighted by atomic mass is 35.5. The number of nitrogens with one attached hydrogen (secondary N) is 1. The lowest BCUT2D eigenvalue weighted by atomic mass is 10.4. The Kier molecular flexibility index (Phi) is 14.9. The lowest BCUT2D eigenvalue weighted by Gasteiger charge is -2.30. The average molecular weight is 397 g/mol. The van der Waals surface area contributed by atoms with Crippen molar-refractivity contribution < 1.29 is 9.09 Å². The molecule has 1 atom stereocenters. The third-order valence-electron chi connectivity index (χ3n) is 3.26. The average Bonchev–Trinajstić information content (AvgIpc) is 2.53. The fourth-order valence-corrected chi connectivity index (χ4v) is 4.81. The summed E-state index contributed by atoms with van der Waals surface area (Å²) in [7, 11) is -3.14. The largest absolute Gasteiger partial charge is 0.343 e. The van der Waals surface area contributed by atoms with Gasteiger partial charge in [0.05, 0.1) is 6.61 Å². The van der Waals surface area contributed by atoms with Crippen molar-refractivity contribution in [1.82, 2.24) is 14.7 Å². The van der Waals surface area contributed by atoms with Crippen molar-refractivity contribution in [3.63, 3.8) is 0 Å². The molecular weight excluding hydrogens is 367 g/mol. The minimum Gasteiger partial charge on any atom is -0.305 e. The number of rotatable bonds is 15. The molecule has 0 spiro atoms. The van der Waals surface area contributed by atoms with Crippen molar-refractivity contribution in [2.75, 3.05) is 63.5 Å². The first-order valence-corrected chi connectivity index (χ1v) is 10.9. The van der Waals surface area contributed by atoms with Gasteiger partial charge in [0.25, 0.3) is 0 Å². The molecule has 0 aromatic carbocycles. The Bertz CT molecular complexity index is 304. The summed E-state index contributed by atoms with van der Waals surface area (Å²) in [6.07, 6.45) is 0.894. The fraction of sp³-hybridized carbons (Fsp3) is 1.00. The third kappa shape index (κ3) is 9.29. The molecule has 0 fully saturated rings. The van der Waals surface area contributed by atoms with Crippen molar-refractivity contribution >= 4 is 42.5 Å². The number of halogens is 3. The molecule has 0 radical (unpaired) electrons. The first kappa shape index (κ1) is 22.9. The Balaban J connectivity index is 4.55. The quantitative estimate of drug-likeness (QED) is 0.261. The van der Waals surface area contributed by atoms with Crippen LogP contribution in [0.5, 0.6) is 0 Å². The molecule has 0 saturated carbocycles. The maximum Gasteiger partial charge on any atom is 0.343 e. The summed E-state index contributed by atoms with van der Waals surface area (Å²) in [5.41, 5.74) is 0. The smallest absolute Gasteiger partial charge is 0.305 e. The predicted octanol–water partition coefficient (Wildman–Crippen LogP) is 3.45. The molecule has 134 valence electrons. The van der Waals surface area contributed by atoms with Crippen molar-refractivity contribution in [3.05, 3.63) is 0 Å². The highest BCUT2D eigenvalue weighted by Gasteiger charge is 2.30. The fourth-order valence-electron chi connectivity index (χ4n) is 2.02. The van der Waals surface area contributed by atoms with Crippen molar-refractivity contribution in [2.24, 2.45) is 0 Å². The summed E-state index contributed by atoms with van der Waals surface area (Å²) in [6, 6.07) is 0. The second-order valence-electron chi connectivity index (χ2n) is 4.66. The van der Waals surface area contributed by atoms with Gasteiger partial charge in [-0.15, -0.1) is 34.8 Å². The van der Waals surface area contributed by atoms with E-state index in [1.807, 2.05) is 0 Å². The molecule has 5 nitrogen and oxygen atoms in total. The first-order valence-electron chi connectivity index (χ1n) is 7.73. The van der Waals surface area contributed by atoms with Gasteiger partial charge in [0.15, 0.2) is 0 Å². The van der Waals surface area contributed by atoms with Gasteiger partial charge in [0.1, 0.15) is 0 Å². The summed E-state index contributed by atoms with van der Waals surface area (Å²) in [6.45, 7) is 9.00. The number of hydrogen-bond donors (Lipinski definition) is 1. The summed E-state index contributed by atoms with van der Waals surface area (Å²) in [5.74, 6) is 1.03. The van der Waals surface area contributed by atoms with Crippen LogP contribution in [0, 0.1) is 0 Å². The van der Waals surface area contributed by atoms with E-state index in [2.05, 4.69) is 23.8 Å². The standard InChI is InChI=1S/C13H29Cl3N3O2P/c1-3-18(4-2)10-5-9-17-22(20,21-13-8-16)19(11-6-14)12-7-15/h3-13H2,1-2H3,(H,17,20). The van der Waals surface area contributed by atoms with Gasteiger partial charge in [-0.1, -0.05) is 13.8 Å². The molecule has 0 bridgehead atoms. The Labute approximate surface area is 150 Å². The van der Waals surface area contributed by atoms with Gasteiger partial charge in [-0.3, -0.25) is 4.57 Å². The van der Waals surface area contributed by atoms with Crippen LogP contribution in [0.1, 0.15) is 20.3 Å². The van der Waals surface area contributed by atoms with Crippen LogP contribution in [0.3, 0.4) is 0 Å². The van der Waals surface area contributed by atoms with E-state index in [-0.39, 0.29) is 6.61 Å². The Hall–Kier alpha value is 0.940. The molecule has 0 aliphatic heterocycles. The highest BCUT2D eigenvalue weighted by Crippen LogP contribution is 2.46. The molecule has 0 aromatic heterocycles.